The second kappa shape index (κ2) is 7.40. The van der Waals surface area contributed by atoms with Crippen molar-refractivity contribution < 1.29 is 23.9 Å². The number of carbonyl (C=O) groups excluding carboxylic acids is 3. The van der Waals surface area contributed by atoms with Crippen molar-refractivity contribution in [2.24, 2.45) is 0 Å². The number of allylic oxidation sites excluding steroid dienone is 2. The minimum atomic E-state index is -0.800. The van der Waals surface area contributed by atoms with Gasteiger partial charge in [-0.3, -0.25) is 14.9 Å². The predicted molar refractivity (Wildman–Crippen MR) is 102 cm³/mol. The van der Waals surface area contributed by atoms with E-state index in [-0.39, 0.29) is 12.4 Å². The molecule has 2 aromatic carbocycles. The van der Waals surface area contributed by atoms with Gasteiger partial charge in [-0.05, 0) is 24.1 Å². The second-order valence-corrected chi connectivity index (χ2v) is 6.10. The van der Waals surface area contributed by atoms with Gasteiger partial charge in [0.05, 0.1) is 5.69 Å². The maximum absolute atomic E-state index is 12.8. The SMILES string of the molecule is O=C1NC(=O)N(c2ccc3c(c2)OCO3)C(=O)C1=CC/C=C/c1ccccc1. The lowest BCUT2D eigenvalue weighted by molar-refractivity contribution is -0.122. The monoisotopic (exact) mass is 376 g/mol. The van der Waals surface area contributed by atoms with Crippen molar-refractivity contribution in [2.45, 2.75) is 6.42 Å². The van der Waals surface area contributed by atoms with Crippen LogP contribution in [0.5, 0.6) is 11.5 Å². The van der Waals surface area contributed by atoms with Gasteiger partial charge in [-0.15, -0.1) is 0 Å². The number of carbonyl (C=O) groups is 3. The Morgan fingerprint density at radius 2 is 1.79 bits per heavy atom. The maximum atomic E-state index is 12.8. The Labute approximate surface area is 160 Å². The molecule has 2 heterocycles. The van der Waals surface area contributed by atoms with Crippen LogP contribution in [-0.2, 0) is 9.59 Å². The number of imide groups is 2. The van der Waals surface area contributed by atoms with E-state index < -0.39 is 17.8 Å². The number of rotatable bonds is 4. The Hall–Kier alpha value is -3.87. The molecule has 0 spiro atoms. The molecule has 0 bridgehead atoms. The van der Waals surface area contributed by atoms with Crippen molar-refractivity contribution in [1.82, 2.24) is 5.32 Å². The quantitative estimate of drug-likeness (QED) is 0.655. The Bertz CT molecular complexity index is 1010. The summed E-state index contributed by atoms with van der Waals surface area (Å²) in [6.45, 7) is 0.0797. The number of hydrogen-bond acceptors (Lipinski definition) is 5. The Morgan fingerprint density at radius 1 is 1.00 bits per heavy atom. The van der Waals surface area contributed by atoms with Crippen molar-refractivity contribution in [1.29, 1.82) is 0 Å². The van der Waals surface area contributed by atoms with Gasteiger partial charge in [0.15, 0.2) is 11.5 Å². The zero-order chi connectivity index (χ0) is 19.5. The van der Waals surface area contributed by atoms with Gasteiger partial charge < -0.3 is 9.47 Å². The van der Waals surface area contributed by atoms with E-state index in [4.69, 9.17) is 9.47 Å². The van der Waals surface area contributed by atoms with Crippen LogP contribution in [0.3, 0.4) is 0 Å². The van der Waals surface area contributed by atoms with Crippen LogP contribution >= 0.6 is 0 Å². The molecule has 2 aliphatic rings. The van der Waals surface area contributed by atoms with E-state index in [1.165, 1.54) is 12.1 Å². The van der Waals surface area contributed by atoms with E-state index in [1.54, 1.807) is 12.1 Å². The number of hydrogen-bond donors (Lipinski definition) is 1. The predicted octanol–water partition coefficient (Wildman–Crippen LogP) is 3.03. The van der Waals surface area contributed by atoms with E-state index in [1.807, 2.05) is 42.5 Å². The fraction of sp³-hybridized carbons (Fsp3) is 0.0952. The van der Waals surface area contributed by atoms with E-state index in [2.05, 4.69) is 5.32 Å². The Morgan fingerprint density at radius 3 is 2.61 bits per heavy atom. The van der Waals surface area contributed by atoms with Crippen molar-refractivity contribution in [3.8, 4) is 11.5 Å². The number of nitrogens with one attached hydrogen (secondary N) is 1. The first-order chi connectivity index (χ1) is 13.6. The molecule has 1 saturated heterocycles. The molecule has 2 aliphatic heterocycles. The van der Waals surface area contributed by atoms with Gasteiger partial charge in [-0.25, -0.2) is 9.69 Å². The standard InChI is InChI=1S/C21H16N2O5/c24-19-16(9-5-4-8-14-6-2-1-3-7-14)20(25)23(21(26)22-19)15-10-11-17-18(12-15)28-13-27-17/h1-4,6-12H,5,13H2,(H,22,24,26)/b8-4+,16-9?. The summed E-state index contributed by atoms with van der Waals surface area (Å²) in [7, 11) is 0. The highest BCUT2D eigenvalue weighted by Gasteiger charge is 2.37. The smallest absolute Gasteiger partial charge is 0.335 e. The van der Waals surface area contributed by atoms with E-state index in [9.17, 15) is 14.4 Å². The van der Waals surface area contributed by atoms with Crippen molar-refractivity contribution >= 4 is 29.6 Å². The van der Waals surface area contributed by atoms with Gasteiger partial charge >= 0.3 is 6.03 Å². The highest BCUT2D eigenvalue weighted by molar-refractivity contribution is 6.37. The number of anilines is 1. The summed E-state index contributed by atoms with van der Waals surface area (Å²) in [6.07, 6.45) is 5.60. The average molecular weight is 376 g/mol. The molecule has 0 unspecified atom stereocenters. The summed E-state index contributed by atoms with van der Waals surface area (Å²) in [6, 6.07) is 13.6. The first-order valence-corrected chi connectivity index (χ1v) is 8.64. The van der Waals surface area contributed by atoms with Gasteiger partial charge in [0.2, 0.25) is 6.79 Å². The molecule has 7 heteroatoms. The molecule has 1 fully saturated rings. The van der Waals surface area contributed by atoms with Gasteiger partial charge in [0.25, 0.3) is 11.8 Å². The summed E-state index contributed by atoms with van der Waals surface area (Å²) >= 11 is 0. The average Bonchev–Trinajstić information content (AvgIpc) is 3.16. The highest BCUT2D eigenvalue weighted by Crippen LogP contribution is 2.36. The Balaban J connectivity index is 1.55. The molecular weight excluding hydrogens is 360 g/mol. The fourth-order valence-electron chi connectivity index (χ4n) is 2.92. The Kier molecular flexibility index (Phi) is 4.63. The van der Waals surface area contributed by atoms with Crippen LogP contribution in [0, 0.1) is 0 Å². The third-order valence-corrected chi connectivity index (χ3v) is 4.28. The van der Waals surface area contributed by atoms with Crippen LogP contribution in [0.1, 0.15) is 12.0 Å². The zero-order valence-corrected chi connectivity index (χ0v) is 14.8. The summed E-state index contributed by atoms with van der Waals surface area (Å²) < 4.78 is 10.5. The molecule has 0 saturated carbocycles. The first kappa shape index (κ1) is 17.5. The zero-order valence-electron chi connectivity index (χ0n) is 14.8. The maximum Gasteiger partial charge on any atom is 0.335 e. The molecule has 28 heavy (non-hydrogen) atoms. The van der Waals surface area contributed by atoms with E-state index >= 15 is 0 Å². The molecule has 7 nitrogen and oxygen atoms in total. The summed E-state index contributed by atoms with van der Waals surface area (Å²) in [5.41, 5.74) is 1.22. The third-order valence-electron chi connectivity index (χ3n) is 4.28. The number of nitrogens with zero attached hydrogens (tertiary/aromatic N) is 1. The van der Waals surface area contributed by atoms with Crippen LogP contribution in [-0.4, -0.2) is 24.6 Å². The molecule has 4 rings (SSSR count). The molecule has 2 aromatic rings. The minimum Gasteiger partial charge on any atom is -0.454 e. The molecule has 4 amide bonds. The summed E-state index contributed by atoms with van der Waals surface area (Å²) in [5, 5.41) is 2.20. The lowest BCUT2D eigenvalue weighted by Gasteiger charge is -2.26. The van der Waals surface area contributed by atoms with Crippen molar-refractivity contribution in [3.63, 3.8) is 0 Å². The van der Waals surface area contributed by atoms with Crippen molar-refractivity contribution in [2.75, 3.05) is 11.7 Å². The fourth-order valence-corrected chi connectivity index (χ4v) is 2.92. The van der Waals surface area contributed by atoms with E-state index in [0.29, 0.717) is 23.6 Å². The highest BCUT2D eigenvalue weighted by atomic mass is 16.7. The molecule has 0 aliphatic carbocycles. The van der Waals surface area contributed by atoms with Crippen LogP contribution in [0.25, 0.3) is 6.08 Å². The molecular formula is C21H16N2O5. The molecule has 0 radical (unpaired) electrons. The number of ether oxygens (including phenoxy) is 2. The summed E-state index contributed by atoms with van der Waals surface area (Å²) in [5.74, 6) is -0.418. The number of barbiturate groups is 1. The van der Waals surface area contributed by atoms with Crippen LogP contribution in [0.2, 0.25) is 0 Å². The molecule has 0 atom stereocenters. The largest absolute Gasteiger partial charge is 0.454 e. The van der Waals surface area contributed by atoms with Crippen molar-refractivity contribution in [3.05, 3.63) is 71.8 Å². The lowest BCUT2D eigenvalue weighted by Crippen LogP contribution is -2.54. The molecule has 0 aromatic heterocycles. The normalized spacial score (nSPS) is 17.5. The van der Waals surface area contributed by atoms with E-state index in [0.717, 1.165) is 10.5 Å². The second-order valence-electron chi connectivity index (χ2n) is 6.10. The lowest BCUT2D eigenvalue weighted by atomic mass is 10.1. The van der Waals surface area contributed by atoms with Crippen LogP contribution < -0.4 is 19.7 Å². The van der Waals surface area contributed by atoms with Gasteiger partial charge in [0.1, 0.15) is 5.57 Å². The van der Waals surface area contributed by atoms with Gasteiger partial charge in [-0.2, -0.15) is 0 Å². The van der Waals surface area contributed by atoms with Crippen LogP contribution in [0.4, 0.5) is 10.5 Å². The molecule has 1 N–H and O–H groups in total. The number of urea groups is 1. The topological polar surface area (TPSA) is 84.9 Å². The number of fused-ring (bicyclic) bond motifs is 1. The first-order valence-electron chi connectivity index (χ1n) is 8.64. The number of benzene rings is 2. The van der Waals surface area contributed by atoms with Crippen LogP contribution in [0.15, 0.2) is 66.3 Å². The summed E-state index contributed by atoms with van der Waals surface area (Å²) in [4.78, 5) is 38.1. The van der Waals surface area contributed by atoms with Gasteiger partial charge in [-0.1, -0.05) is 48.6 Å². The van der Waals surface area contributed by atoms with Gasteiger partial charge in [0, 0.05) is 6.07 Å². The number of amides is 4. The molecule has 140 valence electrons. The minimum absolute atomic E-state index is 0.0797. The third kappa shape index (κ3) is 3.37.